The summed E-state index contributed by atoms with van der Waals surface area (Å²) in [6, 6.07) is 12.2. The molecule has 26 heavy (non-hydrogen) atoms. The predicted molar refractivity (Wildman–Crippen MR) is 109 cm³/mol. The molecule has 2 rings (SSSR count). The zero-order chi connectivity index (χ0) is 19.3. The summed E-state index contributed by atoms with van der Waals surface area (Å²) < 4.78 is 5.50. The van der Waals surface area contributed by atoms with Crippen molar-refractivity contribution in [1.29, 1.82) is 0 Å². The third kappa shape index (κ3) is 4.98. The quantitative estimate of drug-likeness (QED) is 0.715. The number of aryl methyl sites for hydroxylation is 2. The summed E-state index contributed by atoms with van der Waals surface area (Å²) in [5.41, 5.74) is 5.61. The van der Waals surface area contributed by atoms with Crippen molar-refractivity contribution < 1.29 is 9.53 Å². The van der Waals surface area contributed by atoms with E-state index in [0.717, 1.165) is 28.0 Å². The molecule has 1 atom stereocenters. The maximum atomic E-state index is 12.3. The van der Waals surface area contributed by atoms with Gasteiger partial charge in [0.2, 0.25) is 5.91 Å². The first-order valence-electron chi connectivity index (χ1n) is 9.05. The van der Waals surface area contributed by atoms with E-state index in [1.165, 1.54) is 5.56 Å². The molecule has 1 N–H and O–H groups in total. The van der Waals surface area contributed by atoms with Gasteiger partial charge in [-0.05, 0) is 67.2 Å². The van der Waals surface area contributed by atoms with Crippen molar-refractivity contribution in [2.75, 3.05) is 7.11 Å². The molecule has 3 heteroatoms. The van der Waals surface area contributed by atoms with Crippen molar-refractivity contribution >= 4 is 12.0 Å². The zero-order valence-corrected chi connectivity index (χ0v) is 16.6. The first-order valence-corrected chi connectivity index (χ1v) is 9.05. The number of benzene rings is 2. The molecule has 2 aromatic carbocycles. The average Bonchev–Trinajstić information content (AvgIpc) is 2.60. The van der Waals surface area contributed by atoms with E-state index in [1.54, 1.807) is 13.2 Å². The lowest BCUT2D eigenvalue weighted by Gasteiger charge is -2.20. The van der Waals surface area contributed by atoms with Gasteiger partial charge in [0.1, 0.15) is 5.75 Å². The molecule has 3 nitrogen and oxygen atoms in total. The molecule has 138 valence electrons. The van der Waals surface area contributed by atoms with Gasteiger partial charge in [-0.2, -0.15) is 0 Å². The second kappa shape index (κ2) is 8.70. The highest BCUT2D eigenvalue weighted by Gasteiger charge is 2.16. The third-order valence-corrected chi connectivity index (χ3v) is 4.57. The summed E-state index contributed by atoms with van der Waals surface area (Å²) in [7, 11) is 1.70. The second-order valence-corrected chi connectivity index (χ2v) is 7.08. The van der Waals surface area contributed by atoms with Crippen LogP contribution >= 0.6 is 0 Å². The molecule has 0 bridgehead atoms. The van der Waals surface area contributed by atoms with E-state index in [-0.39, 0.29) is 11.9 Å². The van der Waals surface area contributed by atoms with E-state index in [4.69, 9.17) is 4.74 Å². The SMILES string of the molecule is COc1cc(C)c([C@@H](C)NC(=O)/C=C/c2ccc(C)cc2)cc1C(C)C. The number of ether oxygens (including phenoxy) is 1. The third-order valence-electron chi connectivity index (χ3n) is 4.57. The summed E-state index contributed by atoms with van der Waals surface area (Å²) in [4.78, 5) is 12.3. The molecular weight excluding hydrogens is 322 g/mol. The van der Waals surface area contributed by atoms with Crippen molar-refractivity contribution in [3.8, 4) is 5.75 Å². The van der Waals surface area contributed by atoms with Crippen molar-refractivity contribution in [3.63, 3.8) is 0 Å². The molecule has 0 radical (unpaired) electrons. The Kier molecular flexibility index (Phi) is 6.62. The Morgan fingerprint density at radius 1 is 1.04 bits per heavy atom. The number of hydrogen-bond acceptors (Lipinski definition) is 2. The predicted octanol–water partition coefficient (Wildman–Crippen LogP) is 5.33. The Morgan fingerprint density at radius 3 is 2.27 bits per heavy atom. The summed E-state index contributed by atoms with van der Waals surface area (Å²) >= 11 is 0. The number of carbonyl (C=O) groups excluding carboxylic acids is 1. The summed E-state index contributed by atoms with van der Waals surface area (Å²) in [6.45, 7) is 10.4. The molecule has 2 aromatic rings. The molecular formula is C23H29NO2. The molecule has 1 amide bonds. The summed E-state index contributed by atoms with van der Waals surface area (Å²) in [6.07, 6.45) is 3.42. The first-order chi connectivity index (χ1) is 12.3. The fourth-order valence-electron chi connectivity index (χ4n) is 3.00. The van der Waals surface area contributed by atoms with Gasteiger partial charge in [0, 0.05) is 6.08 Å². The van der Waals surface area contributed by atoms with Gasteiger partial charge in [0.05, 0.1) is 13.2 Å². The highest BCUT2D eigenvalue weighted by atomic mass is 16.5. The van der Waals surface area contributed by atoms with Crippen LogP contribution in [0.2, 0.25) is 0 Å². The van der Waals surface area contributed by atoms with Crippen LogP contribution in [0.4, 0.5) is 0 Å². The van der Waals surface area contributed by atoms with Gasteiger partial charge >= 0.3 is 0 Å². The summed E-state index contributed by atoms with van der Waals surface area (Å²) in [5, 5.41) is 3.06. The molecule has 0 aliphatic heterocycles. The van der Waals surface area contributed by atoms with Crippen molar-refractivity contribution in [2.24, 2.45) is 0 Å². The van der Waals surface area contributed by atoms with Gasteiger partial charge in [0.25, 0.3) is 0 Å². The first kappa shape index (κ1) is 19.8. The van der Waals surface area contributed by atoms with E-state index >= 15 is 0 Å². The lowest BCUT2D eigenvalue weighted by atomic mass is 9.93. The number of amides is 1. The van der Waals surface area contributed by atoms with Gasteiger partial charge in [-0.3, -0.25) is 4.79 Å². The van der Waals surface area contributed by atoms with E-state index in [1.807, 2.05) is 51.1 Å². The Labute approximate surface area is 157 Å². The largest absolute Gasteiger partial charge is 0.496 e. The topological polar surface area (TPSA) is 38.3 Å². The molecule has 0 aliphatic carbocycles. The van der Waals surface area contributed by atoms with Crippen LogP contribution in [-0.4, -0.2) is 13.0 Å². The van der Waals surface area contributed by atoms with E-state index in [2.05, 4.69) is 31.3 Å². The fourth-order valence-corrected chi connectivity index (χ4v) is 3.00. The monoisotopic (exact) mass is 351 g/mol. The van der Waals surface area contributed by atoms with E-state index in [0.29, 0.717) is 5.92 Å². The lowest BCUT2D eigenvalue weighted by molar-refractivity contribution is -0.117. The van der Waals surface area contributed by atoms with Gasteiger partial charge < -0.3 is 10.1 Å². The Balaban J connectivity index is 2.13. The second-order valence-electron chi connectivity index (χ2n) is 7.08. The Bertz CT molecular complexity index is 789. The molecule has 0 saturated carbocycles. The van der Waals surface area contributed by atoms with Gasteiger partial charge in [-0.25, -0.2) is 0 Å². The van der Waals surface area contributed by atoms with Gasteiger partial charge in [0.15, 0.2) is 0 Å². The van der Waals surface area contributed by atoms with Gasteiger partial charge in [-0.15, -0.1) is 0 Å². The zero-order valence-electron chi connectivity index (χ0n) is 16.6. The van der Waals surface area contributed by atoms with Crippen molar-refractivity contribution in [3.05, 3.63) is 70.3 Å². The maximum absolute atomic E-state index is 12.3. The molecule has 0 unspecified atom stereocenters. The van der Waals surface area contributed by atoms with Crippen molar-refractivity contribution in [2.45, 2.75) is 46.6 Å². The normalized spacial score (nSPS) is 12.4. The number of carbonyl (C=O) groups is 1. The van der Waals surface area contributed by atoms with Crippen molar-refractivity contribution in [1.82, 2.24) is 5.32 Å². The Morgan fingerprint density at radius 2 is 1.69 bits per heavy atom. The highest BCUT2D eigenvalue weighted by Crippen LogP contribution is 2.32. The number of methoxy groups -OCH3 is 1. The van der Waals surface area contributed by atoms with E-state index < -0.39 is 0 Å². The molecule has 0 aliphatic rings. The van der Waals surface area contributed by atoms with Crippen LogP contribution < -0.4 is 10.1 Å². The number of hydrogen-bond donors (Lipinski definition) is 1. The fraction of sp³-hybridized carbons (Fsp3) is 0.348. The molecule has 0 heterocycles. The standard InChI is InChI=1S/C23H29NO2/c1-15(2)20-14-21(17(4)13-22(20)26-6)18(5)24-23(25)12-11-19-9-7-16(3)8-10-19/h7-15,18H,1-6H3,(H,24,25)/b12-11+/t18-/m1/s1. The summed E-state index contributed by atoms with van der Waals surface area (Å²) in [5.74, 6) is 1.16. The lowest BCUT2D eigenvalue weighted by Crippen LogP contribution is -2.25. The number of nitrogens with one attached hydrogen (secondary N) is 1. The van der Waals surface area contributed by atoms with E-state index in [9.17, 15) is 4.79 Å². The van der Waals surface area contributed by atoms with Crippen LogP contribution in [0.3, 0.4) is 0 Å². The minimum atomic E-state index is -0.0978. The van der Waals surface area contributed by atoms with Crippen LogP contribution in [-0.2, 0) is 4.79 Å². The highest BCUT2D eigenvalue weighted by molar-refractivity contribution is 5.92. The smallest absolute Gasteiger partial charge is 0.244 e. The maximum Gasteiger partial charge on any atom is 0.244 e. The van der Waals surface area contributed by atoms with Crippen LogP contribution in [0.5, 0.6) is 5.75 Å². The number of rotatable bonds is 6. The minimum absolute atomic E-state index is 0.0754. The van der Waals surface area contributed by atoms with Crippen LogP contribution in [0.1, 0.15) is 60.5 Å². The molecule has 0 saturated heterocycles. The molecule has 0 fully saturated rings. The van der Waals surface area contributed by atoms with Crippen LogP contribution in [0.15, 0.2) is 42.5 Å². The molecule has 0 aromatic heterocycles. The average molecular weight is 351 g/mol. The minimum Gasteiger partial charge on any atom is -0.496 e. The van der Waals surface area contributed by atoms with Gasteiger partial charge in [-0.1, -0.05) is 43.7 Å². The van der Waals surface area contributed by atoms with Crippen LogP contribution in [0.25, 0.3) is 6.08 Å². The van der Waals surface area contributed by atoms with Crippen LogP contribution in [0, 0.1) is 13.8 Å². The Hall–Kier alpha value is -2.55. The molecule has 0 spiro atoms.